The minimum atomic E-state index is -0.486. The molecule has 2 heterocycles. The lowest BCUT2D eigenvalue weighted by atomic mass is 9.84. The van der Waals surface area contributed by atoms with Crippen LogP contribution in [0.5, 0.6) is 0 Å². The van der Waals surface area contributed by atoms with Crippen molar-refractivity contribution in [3.63, 3.8) is 0 Å². The zero-order valence-electron chi connectivity index (χ0n) is 10.5. The lowest BCUT2D eigenvalue weighted by Gasteiger charge is -2.32. The Morgan fingerprint density at radius 1 is 1.32 bits per heavy atom. The molecule has 0 amide bonds. The molecule has 2 aromatic heterocycles. The molecule has 1 saturated carbocycles. The number of fused-ring (bicyclic) bond motifs is 1. The van der Waals surface area contributed by atoms with Crippen molar-refractivity contribution in [2.24, 2.45) is 5.92 Å². The van der Waals surface area contributed by atoms with Crippen molar-refractivity contribution >= 4 is 17.0 Å². The molecule has 0 bridgehead atoms. The summed E-state index contributed by atoms with van der Waals surface area (Å²) in [5.41, 5.74) is 7.06. The number of hydrogen-bond acceptors (Lipinski definition) is 6. The SMILES string of the molecule is Nc1ncnc2c1ncn2[C@@H]1CC[C@H](CO)[C@H](O)C1. The van der Waals surface area contributed by atoms with E-state index in [0.29, 0.717) is 23.4 Å². The van der Waals surface area contributed by atoms with E-state index in [1.54, 1.807) is 6.33 Å². The molecule has 19 heavy (non-hydrogen) atoms. The summed E-state index contributed by atoms with van der Waals surface area (Å²) in [5, 5.41) is 19.2. The molecule has 0 radical (unpaired) electrons. The van der Waals surface area contributed by atoms with Gasteiger partial charge in [0.05, 0.1) is 12.4 Å². The van der Waals surface area contributed by atoms with Gasteiger partial charge in [-0.25, -0.2) is 15.0 Å². The van der Waals surface area contributed by atoms with E-state index in [2.05, 4.69) is 15.0 Å². The molecular formula is C12H17N5O2. The molecule has 2 aromatic rings. The van der Waals surface area contributed by atoms with Gasteiger partial charge < -0.3 is 20.5 Å². The van der Waals surface area contributed by atoms with Crippen LogP contribution in [0.3, 0.4) is 0 Å². The summed E-state index contributed by atoms with van der Waals surface area (Å²) in [7, 11) is 0. The summed E-state index contributed by atoms with van der Waals surface area (Å²) in [5.74, 6) is 0.346. The van der Waals surface area contributed by atoms with Crippen LogP contribution in [0.1, 0.15) is 25.3 Å². The first kappa shape index (κ1) is 12.3. The van der Waals surface area contributed by atoms with Crippen LogP contribution in [-0.4, -0.2) is 42.4 Å². The van der Waals surface area contributed by atoms with Crippen LogP contribution in [0.25, 0.3) is 11.2 Å². The number of nitrogens with two attached hydrogens (primary N) is 1. The zero-order valence-corrected chi connectivity index (χ0v) is 10.5. The summed E-state index contributed by atoms with van der Waals surface area (Å²) in [6.45, 7) is 0.0354. The minimum absolute atomic E-state index is 0.0225. The maximum Gasteiger partial charge on any atom is 0.165 e. The van der Waals surface area contributed by atoms with Gasteiger partial charge in [0.1, 0.15) is 11.8 Å². The van der Waals surface area contributed by atoms with E-state index in [-0.39, 0.29) is 18.6 Å². The topological polar surface area (TPSA) is 110 Å². The standard InChI is InChI=1S/C12H17N5O2/c13-11-10-12(15-5-14-11)17(6-16-10)8-2-1-7(4-18)9(19)3-8/h5-9,18-19H,1-4H2,(H2,13,14,15)/t7-,8-,9-/m1/s1. The number of rotatable bonds is 2. The number of anilines is 1. The van der Waals surface area contributed by atoms with Crippen LogP contribution in [0, 0.1) is 5.92 Å². The van der Waals surface area contributed by atoms with Crippen molar-refractivity contribution in [2.75, 3.05) is 12.3 Å². The molecule has 0 unspecified atom stereocenters. The Bertz CT molecular complexity index is 585. The molecule has 4 N–H and O–H groups in total. The van der Waals surface area contributed by atoms with Crippen LogP contribution < -0.4 is 5.73 Å². The highest BCUT2D eigenvalue weighted by atomic mass is 16.3. The lowest BCUT2D eigenvalue weighted by molar-refractivity contribution is 0.0189. The van der Waals surface area contributed by atoms with Crippen molar-refractivity contribution in [3.8, 4) is 0 Å². The highest BCUT2D eigenvalue weighted by Gasteiger charge is 2.30. The molecule has 0 aliphatic heterocycles. The Morgan fingerprint density at radius 3 is 2.89 bits per heavy atom. The van der Waals surface area contributed by atoms with Gasteiger partial charge in [-0.1, -0.05) is 0 Å². The van der Waals surface area contributed by atoms with Crippen molar-refractivity contribution in [1.29, 1.82) is 0 Å². The fourth-order valence-corrected chi connectivity index (χ4v) is 2.79. The van der Waals surface area contributed by atoms with E-state index < -0.39 is 6.10 Å². The number of aromatic nitrogens is 4. The van der Waals surface area contributed by atoms with Gasteiger partial charge in [-0.2, -0.15) is 0 Å². The van der Waals surface area contributed by atoms with Crippen molar-refractivity contribution in [1.82, 2.24) is 19.5 Å². The molecule has 0 saturated heterocycles. The third kappa shape index (κ3) is 2.04. The second-order valence-corrected chi connectivity index (χ2v) is 5.06. The van der Waals surface area contributed by atoms with Gasteiger partial charge in [0.2, 0.25) is 0 Å². The zero-order chi connectivity index (χ0) is 13.4. The van der Waals surface area contributed by atoms with Crippen LogP contribution in [-0.2, 0) is 0 Å². The molecule has 1 aliphatic rings. The molecular weight excluding hydrogens is 246 g/mol. The summed E-state index contributed by atoms with van der Waals surface area (Å²) >= 11 is 0. The predicted molar refractivity (Wildman–Crippen MR) is 69.2 cm³/mol. The smallest absolute Gasteiger partial charge is 0.165 e. The third-order valence-corrected chi connectivity index (χ3v) is 3.94. The largest absolute Gasteiger partial charge is 0.396 e. The number of aliphatic hydroxyl groups is 2. The third-order valence-electron chi connectivity index (χ3n) is 3.94. The predicted octanol–water partition coefficient (Wildman–Crippen LogP) is 0.103. The summed E-state index contributed by atoms with van der Waals surface area (Å²) < 4.78 is 1.95. The van der Waals surface area contributed by atoms with Gasteiger partial charge >= 0.3 is 0 Å². The summed E-state index contributed by atoms with van der Waals surface area (Å²) in [6, 6.07) is 0.136. The van der Waals surface area contributed by atoms with Crippen LogP contribution in [0.15, 0.2) is 12.7 Å². The van der Waals surface area contributed by atoms with E-state index >= 15 is 0 Å². The van der Waals surface area contributed by atoms with Crippen molar-refractivity contribution in [3.05, 3.63) is 12.7 Å². The summed E-state index contributed by atoms with van der Waals surface area (Å²) in [6.07, 6.45) is 4.92. The Balaban J connectivity index is 1.91. The summed E-state index contributed by atoms with van der Waals surface area (Å²) in [4.78, 5) is 12.4. The fraction of sp³-hybridized carbons (Fsp3) is 0.583. The van der Waals surface area contributed by atoms with Gasteiger partial charge in [-0.3, -0.25) is 0 Å². The average molecular weight is 263 g/mol. The lowest BCUT2D eigenvalue weighted by Crippen LogP contribution is -2.32. The number of nitrogen functional groups attached to an aromatic ring is 1. The van der Waals surface area contributed by atoms with Gasteiger partial charge in [0, 0.05) is 18.6 Å². The second kappa shape index (κ2) is 4.75. The quantitative estimate of drug-likeness (QED) is 0.709. The molecule has 102 valence electrons. The average Bonchev–Trinajstić information content (AvgIpc) is 2.84. The molecule has 3 rings (SSSR count). The molecule has 7 heteroatoms. The number of nitrogens with zero attached hydrogens (tertiary/aromatic N) is 4. The Morgan fingerprint density at radius 2 is 2.16 bits per heavy atom. The highest BCUT2D eigenvalue weighted by molar-refractivity contribution is 5.81. The first-order valence-corrected chi connectivity index (χ1v) is 6.42. The van der Waals surface area contributed by atoms with Gasteiger partial charge in [-0.05, 0) is 19.3 Å². The minimum Gasteiger partial charge on any atom is -0.396 e. The van der Waals surface area contributed by atoms with Crippen LogP contribution in [0.2, 0.25) is 0 Å². The first-order chi connectivity index (χ1) is 9.20. The van der Waals surface area contributed by atoms with E-state index in [0.717, 1.165) is 12.8 Å². The second-order valence-electron chi connectivity index (χ2n) is 5.06. The first-order valence-electron chi connectivity index (χ1n) is 6.42. The van der Waals surface area contributed by atoms with Crippen molar-refractivity contribution in [2.45, 2.75) is 31.4 Å². The maximum atomic E-state index is 10.0. The number of aliphatic hydroxyl groups excluding tert-OH is 2. The van der Waals surface area contributed by atoms with Gasteiger partial charge in [0.15, 0.2) is 11.5 Å². The molecule has 0 aromatic carbocycles. The number of imidazole rings is 1. The van der Waals surface area contributed by atoms with Gasteiger partial charge in [-0.15, -0.1) is 0 Å². The van der Waals surface area contributed by atoms with Crippen molar-refractivity contribution < 1.29 is 10.2 Å². The van der Waals surface area contributed by atoms with Gasteiger partial charge in [0.25, 0.3) is 0 Å². The molecule has 7 nitrogen and oxygen atoms in total. The highest BCUT2D eigenvalue weighted by Crippen LogP contribution is 2.34. The van der Waals surface area contributed by atoms with E-state index in [1.807, 2.05) is 4.57 Å². The van der Waals surface area contributed by atoms with E-state index in [9.17, 15) is 10.2 Å². The monoisotopic (exact) mass is 263 g/mol. The number of hydrogen-bond donors (Lipinski definition) is 3. The van der Waals surface area contributed by atoms with Crippen LogP contribution >= 0.6 is 0 Å². The van der Waals surface area contributed by atoms with E-state index in [1.165, 1.54) is 6.33 Å². The molecule has 0 spiro atoms. The molecule has 1 aliphatic carbocycles. The Kier molecular flexibility index (Phi) is 3.08. The Hall–Kier alpha value is -1.73. The molecule has 3 atom stereocenters. The van der Waals surface area contributed by atoms with Crippen LogP contribution in [0.4, 0.5) is 5.82 Å². The maximum absolute atomic E-state index is 10.0. The van der Waals surface area contributed by atoms with E-state index in [4.69, 9.17) is 5.73 Å². The fourth-order valence-electron chi connectivity index (χ4n) is 2.79. The normalized spacial score (nSPS) is 27.8. The Labute approximate surface area is 110 Å². The molecule has 1 fully saturated rings.